The lowest BCUT2D eigenvalue weighted by Gasteiger charge is -2.23. The first-order chi connectivity index (χ1) is 10.1. The summed E-state index contributed by atoms with van der Waals surface area (Å²) in [6, 6.07) is 5.30. The van der Waals surface area contributed by atoms with Crippen molar-refractivity contribution in [2.24, 2.45) is 0 Å². The van der Waals surface area contributed by atoms with E-state index in [2.05, 4.69) is 5.32 Å². The molecule has 0 bridgehead atoms. The van der Waals surface area contributed by atoms with Crippen LogP contribution in [0.25, 0.3) is 0 Å². The Balaban J connectivity index is 2.73. The fourth-order valence-corrected chi connectivity index (χ4v) is 3.34. The fraction of sp³-hybridized carbons (Fsp3) is 0.533. The second-order valence-corrected chi connectivity index (χ2v) is 7.40. The van der Waals surface area contributed by atoms with Crippen molar-refractivity contribution < 1.29 is 17.9 Å². The lowest BCUT2D eigenvalue weighted by Crippen LogP contribution is -2.38. The zero-order chi connectivity index (χ0) is 16.9. The number of nitrogens with zero attached hydrogens (tertiary/aromatic N) is 1. The van der Waals surface area contributed by atoms with Crippen LogP contribution in [-0.4, -0.2) is 44.6 Å². The first kappa shape index (κ1) is 18.4. The number of amides is 1. The highest BCUT2D eigenvalue weighted by atomic mass is 32.2. The summed E-state index contributed by atoms with van der Waals surface area (Å²) >= 11 is 0. The molecule has 0 aliphatic carbocycles. The Morgan fingerprint density at radius 2 is 2.00 bits per heavy atom. The molecule has 1 amide bonds. The van der Waals surface area contributed by atoms with Crippen LogP contribution in [-0.2, 0) is 14.8 Å². The van der Waals surface area contributed by atoms with Crippen molar-refractivity contribution in [2.45, 2.75) is 33.2 Å². The molecule has 0 fully saturated rings. The third-order valence-electron chi connectivity index (χ3n) is 3.19. The lowest BCUT2D eigenvalue weighted by atomic mass is 10.2. The van der Waals surface area contributed by atoms with Gasteiger partial charge in [0, 0.05) is 19.0 Å². The fourth-order valence-electron chi connectivity index (χ4n) is 2.15. The van der Waals surface area contributed by atoms with Gasteiger partial charge in [-0.25, -0.2) is 8.42 Å². The van der Waals surface area contributed by atoms with E-state index < -0.39 is 10.0 Å². The molecule has 0 spiro atoms. The van der Waals surface area contributed by atoms with Gasteiger partial charge in [-0.05, 0) is 38.5 Å². The molecule has 124 valence electrons. The minimum Gasteiger partial charge on any atom is -0.495 e. The number of aryl methyl sites for hydroxylation is 1. The molecule has 1 aromatic rings. The van der Waals surface area contributed by atoms with Crippen LogP contribution in [0.2, 0.25) is 0 Å². The number of ether oxygens (including phenoxy) is 1. The van der Waals surface area contributed by atoms with Gasteiger partial charge >= 0.3 is 0 Å². The maximum atomic E-state index is 12.1. The summed E-state index contributed by atoms with van der Waals surface area (Å²) in [6.07, 6.45) is 1.23. The molecule has 7 heteroatoms. The molecule has 1 aromatic carbocycles. The minimum absolute atomic E-state index is 0.0857. The van der Waals surface area contributed by atoms with E-state index in [0.29, 0.717) is 11.4 Å². The van der Waals surface area contributed by atoms with Crippen molar-refractivity contribution in [1.82, 2.24) is 4.31 Å². The molecule has 0 unspecified atom stereocenters. The number of hydrogen-bond donors (Lipinski definition) is 1. The number of carbonyl (C=O) groups excluding carboxylic acids is 1. The van der Waals surface area contributed by atoms with Crippen LogP contribution < -0.4 is 10.1 Å². The highest BCUT2D eigenvalue weighted by Crippen LogP contribution is 2.25. The summed E-state index contributed by atoms with van der Waals surface area (Å²) in [5.41, 5.74) is 1.58. The smallest absolute Gasteiger partial charge is 0.225 e. The normalized spacial score (nSPS) is 11.8. The maximum Gasteiger partial charge on any atom is 0.225 e. The van der Waals surface area contributed by atoms with E-state index in [9.17, 15) is 13.2 Å². The van der Waals surface area contributed by atoms with Gasteiger partial charge in [-0.15, -0.1) is 0 Å². The molecular formula is C15H24N2O4S. The van der Waals surface area contributed by atoms with Crippen molar-refractivity contribution in [2.75, 3.05) is 25.2 Å². The number of carbonyl (C=O) groups is 1. The zero-order valence-electron chi connectivity index (χ0n) is 13.7. The average molecular weight is 328 g/mol. The van der Waals surface area contributed by atoms with Crippen LogP contribution >= 0.6 is 0 Å². The van der Waals surface area contributed by atoms with Gasteiger partial charge in [0.1, 0.15) is 5.75 Å². The number of anilines is 1. The summed E-state index contributed by atoms with van der Waals surface area (Å²) in [7, 11) is -1.79. The Kier molecular flexibility index (Phi) is 6.37. The van der Waals surface area contributed by atoms with Crippen LogP contribution in [0.15, 0.2) is 18.2 Å². The third-order valence-corrected chi connectivity index (χ3v) is 4.65. The van der Waals surface area contributed by atoms with Crippen molar-refractivity contribution in [3.63, 3.8) is 0 Å². The van der Waals surface area contributed by atoms with Crippen molar-refractivity contribution in [1.29, 1.82) is 0 Å². The third kappa shape index (κ3) is 5.31. The van der Waals surface area contributed by atoms with Crippen LogP contribution in [0.3, 0.4) is 0 Å². The Morgan fingerprint density at radius 3 is 2.50 bits per heavy atom. The molecule has 1 rings (SSSR count). The average Bonchev–Trinajstić information content (AvgIpc) is 2.37. The van der Waals surface area contributed by atoms with E-state index in [4.69, 9.17) is 4.74 Å². The second-order valence-electron chi connectivity index (χ2n) is 5.47. The highest BCUT2D eigenvalue weighted by Gasteiger charge is 2.21. The summed E-state index contributed by atoms with van der Waals surface area (Å²) in [4.78, 5) is 12.1. The van der Waals surface area contributed by atoms with Crippen LogP contribution in [0.1, 0.15) is 25.8 Å². The molecule has 0 aliphatic heterocycles. The quantitative estimate of drug-likeness (QED) is 0.830. The van der Waals surface area contributed by atoms with E-state index in [1.54, 1.807) is 19.9 Å². The molecule has 6 nitrogen and oxygen atoms in total. The summed E-state index contributed by atoms with van der Waals surface area (Å²) in [6.45, 7) is 5.63. The molecule has 0 heterocycles. The zero-order valence-corrected chi connectivity index (χ0v) is 14.5. The summed E-state index contributed by atoms with van der Waals surface area (Å²) in [5, 5.41) is 2.76. The number of sulfonamides is 1. The van der Waals surface area contributed by atoms with E-state index in [1.807, 2.05) is 19.1 Å². The van der Waals surface area contributed by atoms with E-state index in [-0.39, 0.29) is 24.9 Å². The predicted octanol–water partition coefficient (Wildman–Crippen LogP) is 2.00. The van der Waals surface area contributed by atoms with E-state index in [1.165, 1.54) is 11.4 Å². The molecule has 0 aromatic heterocycles. The maximum absolute atomic E-state index is 12.1. The molecule has 1 N–H and O–H groups in total. The standard InChI is InChI=1S/C15H24N2O4S/c1-11(2)17(22(5,19)20)9-8-15(18)16-13-10-12(3)6-7-14(13)21-4/h6-7,10-11H,8-9H2,1-5H3,(H,16,18). The molecule has 0 saturated carbocycles. The van der Waals surface area contributed by atoms with Gasteiger partial charge in [0.25, 0.3) is 0 Å². The summed E-state index contributed by atoms with van der Waals surface area (Å²) in [5.74, 6) is 0.320. The Bertz CT molecular complexity index is 626. The second kappa shape index (κ2) is 7.60. The van der Waals surface area contributed by atoms with E-state index >= 15 is 0 Å². The molecule has 0 radical (unpaired) electrons. The Labute approximate surface area is 132 Å². The van der Waals surface area contributed by atoms with Gasteiger partial charge in [-0.2, -0.15) is 4.31 Å². The van der Waals surface area contributed by atoms with Crippen molar-refractivity contribution >= 4 is 21.6 Å². The molecular weight excluding hydrogens is 304 g/mol. The first-order valence-corrected chi connectivity index (χ1v) is 8.91. The van der Waals surface area contributed by atoms with Gasteiger partial charge in [-0.1, -0.05) is 6.07 Å². The topological polar surface area (TPSA) is 75.7 Å². The Morgan fingerprint density at radius 1 is 1.36 bits per heavy atom. The number of hydrogen-bond acceptors (Lipinski definition) is 4. The molecule has 22 heavy (non-hydrogen) atoms. The van der Waals surface area contributed by atoms with Gasteiger partial charge < -0.3 is 10.1 Å². The minimum atomic E-state index is -3.32. The van der Waals surface area contributed by atoms with Crippen molar-refractivity contribution in [3.8, 4) is 5.75 Å². The van der Waals surface area contributed by atoms with Gasteiger partial charge in [0.15, 0.2) is 0 Å². The first-order valence-electron chi connectivity index (χ1n) is 7.06. The lowest BCUT2D eigenvalue weighted by molar-refractivity contribution is -0.116. The predicted molar refractivity (Wildman–Crippen MR) is 87.7 cm³/mol. The molecule has 0 atom stereocenters. The van der Waals surface area contributed by atoms with Gasteiger partial charge in [0.2, 0.25) is 15.9 Å². The van der Waals surface area contributed by atoms with Crippen molar-refractivity contribution in [3.05, 3.63) is 23.8 Å². The monoisotopic (exact) mass is 328 g/mol. The molecule has 0 saturated heterocycles. The van der Waals surface area contributed by atoms with Crippen LogP contribution in [0, 0.1) is 6.92 Å². The molecule has 0 aliphatic rings. The highest BCUT2D eigenvalue weighted by molar-refractivity contribution is 7.88. The van der Waals surface area contributed by atoms with Gasteiger partial charge in [-0.3, -0.25) is 4.79 Å². The SMILES string of the molecule is COc1ccc(C)cc1NC(=O)CCN(C(C)C)S(C)(=O)=O. The van der Waals surface area contributed by atoms with Crippen LogP contribution in [0.5, 0.6) is 5.75 Å². The largest absolute Gasteiger partial charge is 0.495 e. The number of nitrogens with one attached hydrogen (secondary N) is 1. The number of methoxy groups -OCH3 is 1. The number of benzene rings is 1. The van der Waals surface area contributed by atoms with Gasteiger partial charge in [0.05, 0.1) is 19.1 Å². The Hall–Kier alpha value is -1.60. The van der Waals surface area contributed by atoms with E-state index in [0.717, 1.165) is 11.8 Å². The number of rotatable bonds is 7. The summed E-state index contributed by atoms with van der Waals surface area (Å²) < 4.78 is 29.8. The van der Waals surface area contributed by atoms with Crippen LogP contribution in [0.4, 0.5) is 5.69 Å².